The molecule has 15 atom stereocenters. The Balaban J connectivity index is 1.38. The second-order valence-electron chi connectivity index (χ2n) is 13.4. The van der Waals surface area contributed by atoms with Gasteiger partial charge in [0.1, 0.15) is 54.7 Å². The fourth-order valence-electron chi connectivity index (χ4n) is 6.35. The summed E-state index contributed by atoms with van der Waals surface area (Å²) in [5.74, 6) is 3.23. The van der Waals surface area contributed by atoms with Crippen molar-refractivity contribution in [1.82, 2.24) is 0 Å². The third kappa shape index (κ3) is 14.6. The highest BCUT2D eigenvalue weighted by atomic mass is 32.2. The molecular weight excluding hydrogens is 775 g/mol. The molecule has 1 saturated carbocycles. The van der Waals surface area contributed by atoms with Crippen LogP contribution in [0.4, 0.5) is 0 Å². The standard InChI is InChI=1S/C33H63N3O15S3/c1-46-32-30(47-7-2-10-52-12-5-34)28(44)24(40)19(50-32)4-9-49-33-31(29(45)25(41)20(16-38)51-33)48-8-3-11-53-13-6-36-22(35)17-54-21-14-18(15-37)23(39)27(43)26(21)42/h18-21,23-33,37-45H,2-17,34H2,1H3,(H2,35,36)/t18?,19?,20?,21-,23+,24-,25-,26?,27+,28+,29+,30?,31?,32+,33+/m1/s1. The van der Waals surface area contributed by atoms with Gasteiger partial charge in [-0.15, -0.1) is 11.8 Å². The summed E-state index contributed by atoms with van der Waals surface area (Å²) in [5, 5.41) is 92.0. The molecule has 3 rings (SSSR count). The lowest BCUT2D eigenvalue weighted by Crippen LogP contribution is -2.60. The molecule has 0 aromatic heterocycles. The van der Waals surface area contributed by atoms with Crippen LogP contribution in [0.5, 0.6) is 0 Å². The largest absolute Gasteiger partial charge is 0.396 e. The number of ether oxygens (including phenoxy) is 6. The van der Waals surface area contributed by atoms with Crippen molar-refractivity contribution in [1.29, 1.82) is 0 Å². The van der Waals surface area contributed by atoms with Gasteiger partial charge in [-0.2, -0.15) is 23.5 Å². The lowest BCUT2D eigenvalue weighted by molar-refractivity contribution is -0.318. The molecule has 0 spiro atoms. The van der Waals surface area contributed by atoms with Gasteiger partial charge in [0.25, 0.3) is 0 Å². The van der Waals surface area contributed by atoms with Gasteiger partial charge in [0, 0.05) is 62.7 Å². The zero-order valence-electron chi connectivity index (χ0n) is 30.8. The van der Waals surface area contributed by atoms with Gasteiger partial charge in [-0.05, 0) is 37.2 Å². The van der Waals surface area contributed by atoms with Crippen LogP contribution in [0, 0.1) is 5.92 Å². The van der Waals surface area contributed by atoms with E-state index in [-0.39, 0.29) is 26.2 Å². The molecule has 2 heterocycles. The summed E-state index contributed by atoms with van der Waals surface area (Å²) in [7, 11) is 1.42. The fraction of sp³-hybridized carbons (Fsp3) is 0.970. The zero-order chi connectivity index (χ0) is 39.6. The van der Waals surface area contributed by atoms with Crippen molar-refractivity contribution in [2.24, 2.45) is 22.4 Å². The van der Waals surface area contributed by atoms with Crippen LogP contribution in [0.15, 0.2) is 4.99 Å². The van der Waals surface area contributed by atoms with Crippen molar-refractivity contribution in [2.75, 3.05) is 82.0 Å². The molecule has 0 amide bonds. The van der Waals surface area contributed by atoms with Crippen molar-refractivity contribution < 1.29 is 74.4 Å². The number of nitrogens with two attached hydrogens (primary N) is 2. The first-order valence-electron chi connectivity index (χ1n) is 18.4. The van der Waals surface area contributed by atoms with Gasteiger partial charge in [-0.3, -0.25) is 4.99 Å². The minimum atomic E-state index is -1.41. The van der Waals surface area contributed by atoms with E-state index in [0.717, 1.165) is 17.9 Å². The molecule has 0 aromatic carbocycles. The molecule has 318 valence electrons. The SMILES string of the molecule is CO[C@H]1OC(CCO[C@H]2OC(CO)[C@@H](O)[C@H](O)C2OCCCSCCN=C(N)CS[C@@H]2CC(CO)[C@H](O)[C@H](O)C2O)[C@@H](O)[C@H](O)C1OCCCSCCN. The molecule has 2 saturated heterocycles. The summed E-state index contributed by atoms with van der Waals surface area (Å²) in [6.07, 6.45) is -13.3. The molecule has 1 aliphatic carbocycles. The number of hydrogen-bond acceptors (Lipinski definition) is 20. The van der Waals surface area contributed by atoms with Gasteiger partial charge in [0.2, 0.25) is 0 Å². The van der Waals surface area contributed by atoms with Gasteiger partial charge in [0.15, 0.2) is 12.6 Å². The van der Waals surface area contributed by atoms with Crippen LogP contribution in [-0.2, 0) is 28.4 Å². The van der Waals surface area contributed by atoms with E-state index >= 15 is 0 Å². The maximum Gasteiger partial charge on any atom is 0.186 e. The Labute approximate surface area is 329 Å². The predicted molar refractivity (Wildman–Crippen MR) is 204 cm³/mol. The second-order valence-corrected chi connectivity index (χ2v) is 17.1. The van der Waals surface area contributed by atoms with Crippen LogP contribution >= 0.6 is 35.3 Å². The number of aliphatic hydroxyl groups is 9. The van der Waals surface area contributed by atoms with Crippen LogP contribution in [-0.4, -0.2) is 219 Å². The van der Waals surface area contributed by atoms with E-state index in [1.54, 1.807) is 23.5 Å². The summed E-state index contributed by atoms with van der Waals surface area (Å²) in [4.78, 5) is 4.36. The molecule has 0 aromatic rings. The smallest absolute Gasteiger partial charge is 0.186 e. The minimum Gasteiger partial charge on any atom is -0.396 e. The molecular formula is C33H63N3O15S3. The third-order valence-corrected chi connectivity index (χ3v) is 13.0. The number of aliphatic imine (C=N–C) groups is 1. The van der Waals surface area contributed by atoms with Crippen molar-refractivity contribution in [3.63, 3.8) is 0 Å². The number of thioether (sulfide) groups is 3. The number of nitrogens with zero attached hydrogens (tertiary/aromatic N) is 1. The van der Waals surface area contributed by atoms with Crippen LogP contribution in [0.25, 0.3) is 0 Å². The molecule has 21 heteroatoms. The first kappa shape index (κ1) is 48.3. The zero-order valence-corrected chi connectivity index (χ0v) is 33.2. The van der Waals surface area contributed by atoms with Crippen molar-refractivity contribution in [2.45, 2.75) is 111 Å². The Bertz CT molecular complexity index is 1050. The van der Waals surface area contributed by atoms with E-state index in [2.05, 4.69) is 4.99 Å². The van der Waals surface area contributed by atoms with Gasteiger partial charge >= 0.3 is 0 Å². The normalized spacial score (nSPS) is 37.8. The number of hydrogen-bond donors (Lipinski definition) is 11. The Kier molecular flexibility index (Phi) is 23.3. The third-order valence-electron chi connectivity index (χ3n) is 9.46. The van der Waals surface area contributed by atoms with Crippen molar-refractivity contribution in [3.05, 3.63) is 0 Å². The van der Waals surface area contributed by atoms with Gasteiger partial charge in [0.05, 0.1) is 37.3 Å². The Hall–Kier alpha value is -0.120. The Morgan fingerprint density at radius 1 is 0.704 bits per heavy atom. The quantitative estimate of drug-likeness (QED) is 0.0241. The molecule has 3 aliphatic rings. The topological polar surface area (TPSA) is 302 Å². The first-order valence-corrected chi connectivity index (χ1v) is 21.8. The number of aliphatic hydroxyl groups excluding tert-OH is 9. The number of rotatable bonds is 25. The lowest BCUT2D eigenvalue weighted by atomic mass is 9.83. The lowest BCUT2D eigenvalue weighted by Gasteiger charge is -2.43. The molecule has 54 heavy (non-hydrogen) atoms. The van der Waals surface area contributed by atoms with Gasteiger partial charge < -0.3 is 85.8 Å². The van der Waals surface area contributed by atoms with E-state index in [0.29, 0.717) is 55.6 Å². The average molecular weight is 838 g/mol. The summed E-state index contributed by atoms with van der Waals surface area (Å²) in [6.45, 7) is 0.693. The summed E-state index contributed by atoms with van der Waals surface area (Å²) in [6, 6.07) is 0. The summed E-state index contributed by atoms with van der Waals surface area (Å²) >= 11 is 4.63. The van der Waals surface area contributed by atoms with E-state index in [1.807, 2.05) is 0 Å². The van der Waals surface area contributed by atoms with Crippen molar-refractivity contribution >= 4 is 41.1 Å². The Morgan fingerprint density at radius 2 is 1.31 bits per heavy atom. The van der Waals surface area contributed by atoms with Gasteiger partial charge in [-0.1, -0.05) is 0 Å². The van der Waals surface area contributed by atoms with E-state index < -0.39 is 97.5 Å². The fourth-order valence-corrected chi connectivity index (χ4v) is 9.00. The van der Waals surface area contributed by atoms with Crippen LogP contribution < -0.4 is 11.5 Å². The molecule has 2 aliphatic heterocycles. The van der Waals surface area contributed by atoms with E-state index in [9.17, 15) is 46.0 Å². The molecule has 3 fully saturated rings. The first-order chi connectivity index (χ1) is 26.0. The molecule has 0 bridgehead atoms. The van der Waals surface area contributed by atoms with Crippen molar-refractivity contribution in [3.8, 4) is 0 Å². The highest BCUT2D eigenvalue weighted by Crippen LogP contribution is 2.33. The van der Waals surface area contributed by atoms with Crippen LogP contribution in [0.2, 0.25) is 0 Å². The monoisotopic (exact) mass is 837 g/mol. The van der Waals surface area contributed by atoms with Gasteiger partial charge in [-0.25, -0.2) is 0 Å². The van der Waals surface area contributed by atoms with Crippen LogP contribution in [0.3, 0.4) is 0 Å². The summed E-state index contributed by atoms with van der Waals surface area (Å²) < 4.78 is 34.6. The minimum absolute atomic E-state index is 0.0479. The summed E-state index contributed by atoms with van der Waals surface area (Å²) in [5.41, 5.74) is 11.5. The maximum atomic E-state index is 10.8. The molecule has 18 nitrogen and oxygen atoms in total. The highest BCUT2D eigenvalue weighted by Gasteiger charge is 2.48. The van der Waals surface area contributed by atoms with E-state index in [1.165, 1.54) is 18.9 Å². The molecule has 6 unspecified atom stereocenters. The molecule has 0 radical (unpaired) electrons. The average Bonchev–Trinajstić information content (AvgIpc) is 3.17. The predicted octanol–water partition coefficient (Wildman–Crippen LogP) is -3.55. The van der Waals surface area contributed by atoms with Crippen LogP contribution in [0.1, 0.15) is 25.7 Å². The number of amidine groups is 1. The Morgan fingerprint density at radius 3 is 1.93 bits per heavy atom. The number of methoxy groups -OCH3 is 1. The highest BCUT2D eigenvalue weighted by molar-refractivity contribution is 8.00. The second kappa shape index (κ2) is 26.1. The van der Waals surface area contributed by atoms with E-state index in [4.69, 9.17) is 39.9 Å². The maximum absolute atomic E-state index is 10.8. The molecule has 13 N–H and O–H groups in total.